The Morgan fingerprint density at radius 3 is 2.31 bits per heavy atom. The molecule has 0 radical (unpaired) electrons. The van der Waals surface area contributed by atoms with Crippen LogP contribution in [0.2, 0.25) is 0 Å². The molecule has 35 heavy (non-hydrogen) atoms. The lowest BCUT2D eigenvalue weighted by molar-refractivity contribution is -0.142. The molecule has 1 aromatic heterocycles. The molecule has 5 rings (SSSR count). The third kappa shape index (κ3) is 4.58. The number of carbonyl (C=O) groups is 1. The average molecular weight is 484 g/mol. The summed E-state index contributed by atoms with van der Waals surface area (Å²) in [7, 11) is 0. The van der Waals surface area contributed by atoms with Crippen LogP contribution in [-0.2, 0) is 11.0 Å². The number of anilines is 1. The number of benzene rings is 3. The Morgan fingerprint density at radius 1 is 0.971 bits per heavy atom. The van der Waals surface area contributed by atoms with Gasteiger partial charge in [-0.2, -0.15) is 13.2 Å². The maximum atomic E-state index is 13.9. The van der Waals surface area contributed by atoms with Crippen molar-refractivity contribution in [3.8, 4) is 22.6 Å². The first kappa shape index (κ1) is 22.9. The molecule has 1 aliphatic heterocycles. The van der Waals surface area contributed by atoms with Crippen molar-refractivity contribution in [2.24, 2.45) is 5.92 Å². The summed E-state index contributed by atoms with van der Waals surface area (Å²) in [5, 5.41) is 9.18. The van der Waals surface area contributed by atoms with Gasteiger partial charge in [0.1, 0.15) is 11.3 Å². The molecule has 3 aromatic carbocycles. The van der Waals surface area contributed by atoms with Crippen LogP contribution in [0.1, 0.15) is 18.4 Å². The highest BCUT2D eigenvalue weighted by Crippen LogP contribution is 2.40. The van der Waals surface area contributed by atoms with Crippen molar-refractivity contribution < 1.29 is 31.9 Å². The Labute approximate surface area is 197 Å². The summed E-state index contributed by atoms with van der Waals surface area (Å²) < 4.78 is 60.6. The smallest absolute Gasteiger partial charge is 0.417 e. The lowest BCUT2D eigenvalue weighted by Gasteiger charge is -2.31. The van der Waals surface area contributed by atoms with E-state index in [9.17, 15) is 27.5 Å². The van der Waals surface area contributed by atoms with Gasteiger partial charge in [-0.1, -0.05) is 18.2 Å². The SMILES string of the molecule is O=C(O)C1CCN(c2ccc3oc(-c4ccc(-c5ccc(F)cc5)c(C(F)(F)F)c4)nc3c2)CC1. The standard InChI is InChI=1S/C26H20F4N2O3/c27-18-4-1-15(2-5-18)20-7-3-17(13-21(20)26(28,29)30)24-31-22-14-19(6-8-23(22)35-24)32-11-9-16(10-12-32)25(33)34/h1-8,13-14,16H,9-12H2,(H,33,34). The minimum atomic E-state index is -4.64. The van der Waals surface area contributed by atoms with Crippen LogP contribution in [0, 0.1) is 11.7 Å². The third-order valence-corrected chi connectivity index (χ3v) is 6.31. The van der Waals surface area contributed by atoms with E-state index in [1.165, 1.54) is 24.3 Å². The fourth-order valence-corrected chi connectivity index (χ4v) is 4.41. The van der Waals surface area contributed by atoms with E-state index in [0.717, 1.165) is 23.9 Å². The predicted molar refractivity (Wildman–Crippen MR) is 122 cm³/mol. The summed E-state index contributed by atoms with van der Waals surface area (Å²) in [4.78, 5) is 17.7. The maximum absolute atomic E-state index is 13.9. The Hall–Kier alpha value is -3.88. The number of fused-ring (bicyclic) bond motifs is 1. The highest BCUT2D eigenvalue weighted by molar-refractivity contribution is 5.81. The highest BCUT2D eigenvalue weighted by Gasteiger charge is 2.34. The molecular weight excluding hydrogens is 464 g/mol. The molecule has 180 valence electrons. The quantitative estimate of drug-likeness (QED) is 0.330. The van der Waals surface area contributed by atoms with Gasteiger partial charge in [-0.3, -0.25) is 4.79 Å². The Balaban J connectivity index is 1.47. The molecule has 0 saturated carbocycles. The number of aliphatic carboxylic acids is 1. The number of hydrogen-bond donors (Lipinski definition) is 1. The summed E-state index contributed by atoms with van der Waals surface area (Å²) in [6, 6.07) is 14.0. The zero-order valence-corrected chi connectivity index (χ0v) is 18.3. The average Bonchev–Trinajstić information content (AvgIpc) is 3.27. The van der Waals surface area contributed by atoms with Gasteiger partial charge in [-0.25, -0.2) is 9.37 Å². The molecule has 5 nitrogen and oxygen atoms in total. The van der Waals surface area contributed by atoms with Crippen LogP contribution in [0.5, 0.6) is 0 Å². The van der Waals surface area contributed by atoms with Crippen LogP contribution >= 0.6 is 0 Å². The first-order valence-electron chi connectivity index (χ1n) is 11.0. The number of carboxylic acids is 1. The molecule has 1 aliphatic rings. The number of oxazole rings is 1. The van der Waals surface area contributed by atoms with E-state index < -0.39 is 23.5 Å². The number of hydrogen-bond acceptors (Lipinski definition) is 4. The van der Waals surface area contributed by atoms with Crippen LogP contribution in [0.25, 0.3) is 33.7 Å². The maximum Gasteiger partial charge on any atom is 0.417 e. The van der Waals surface area contributed by atoms with Crippen molar-refractivity contribution in [3.63, 3.8) is 0 Å². The number of rotatable bonds is 4. The van der Waals surface area contributed by atoms with E-state index >= 15 is 0 Å². The number of piperidine rings is 1. The second-order valence-electron chi connectivity index (χ2n) is 8.54. The minimum Gasteiger partial charge on any atom is -0.481 e. The van der Waals surface area contributed by atoms with E-state index in [1.54, 1.807) is 12.1 Å². The zero-order valence-electron chi connectivity index (χ0n) is 18.3. The third-order valence-electron chi connectivity index (χ3n) is 6.31. The molecule has 0 bridgehead atoms. The molecule has 1 N–H and O–H groups in total. The van der Waals surface area contributed by atoms with Crippen LogP contribution in [0.3, 0.4) is 0 Å². The van der Waals surface area contributed by atoms with E-state index in [1.807, 2.05) is 6.07 Å². The van der Waals surface area contributed by atoms with Gasteiger partial charge in [0.05, 0.1) is 11.5 Å². The van der Waals surface area contributed by atoms with Gasteiger partial charge in [-0.15, -0.1) is 0 Å². The monoisotopic (exact) mass is 484 g/mol. The Kier molecular flexibility index (Phi) is 5.70. The lowest BCUT2D eigenvalue weighted by atomic mass is 9.97. The first-order valence-corrected chi connectivity index (χ1v) is 11.0. The van der Waals surface area contributed by atoms with Crippen LogP contribution in [0.4, 0.5) is 23.2 Å². The Morgan fingerprint density at radius 2 is 1.66 bits per heavy atom. The summed E-state index contributed by atoms with van der Waals surface area (Å²) >= 11 is 0. The number of carboxylic acid groups (broad SMARTS) is 1. The summed E-state index contributed by atoms with van der Waals surface area (Å²) in [5.74, 6) is -1.62. The molecule has 1 fully saturated rings. The van der Waals surface area contributed by atoms with Crippen molar-refractivity contribution in [1.82, 2.24) is 4.98 Å². The summed E-state index contributed by atoms with van der Waals surface area (Å²) in [6.45, 7) is 1.18. The molecule has 0 atom stereocenters. The largest absolute Gasteiger partial charge is 0.481 e. The Bertz CT molecular complexity index is 1390. The van der Waals surface area contributed by atoms with Gasteiger partial charge in [0.25, 0.3) is 0 Å². The molecule has 9 heteroatoms. The molecule has 0 aliphatic carbocycles. The van der Waals surface area contributed by atoms with Gasteiger partial charge in [0.15, 0.2) is 5.58 Å². The van der Waals surface area contributed by atoms with E-state index in [2.05, 4.69) is 9.88 Å². The number of halogens is 4. The molecular formula is C26H20F4N2O3. The van der Waals surface area contributed by atoms with E-state index in [-0.39, 0.29) is 28.5 Å². The predicted octanol–water partition coefficient (Wildman–Crippen LogP) is 6.62. The van der Waals surface area contributed by atoms with Gasteiger partial charge in [0, 0.05) is 24.3 Å². The van der Waals surface area contributed by atoms with Crippen molar-refractivity contribution in [1.29, 1.82) is 0 Å². The van der Waals surface area contributed by atoms with Gasteiger partial charge >= 0.3 is 12.1 Å². The highest BCUT2D eigenvalue weighted by atomic mass is 19.4. The molecule has 4 aromatic rings. The fraction of sp³-hybridized carbons (Fsp3) is 0.231. The number of nitrogens with zero attached hydrogens (tertiary/aromatic N) is 2. The van der Waals surface area contributed by atoms with E-state index in [0.29, 0.717) is 37.0 Å². The van der Waals surface area contributed by atoms with Crippen molar-refractivity contribution in [2.75, 3.05) is 18.0 Å². The summed E-state index contributed by atoms with van der Waals surface area (Å²) in [5.41, 5.74) is 1.26. The van der Waals surface area contributed by atoms with Crippen molar-refractivity contribution >= 4 is 22.8 Å². The van der Waals surface area contributed by atoms with Gasteiger partial charge in [-0.05, 0) is 66.4 Å². The van der Waals surface area contributed by atoms with Crippen LogP contribution in [-0.4, -0.2) is 29.1 Å². The van der Waals surface area contributed by atoms with Crippen molar-refractivity contribution in [3.05, 3.63) is 72.0 Å². The van der Waals surface area contributed by atoms with Gasteiger partial charge in [0.2, 0.25) is 5.89 Å². The normalized spacial score (nSPS) is 15.0. The molecule has 0 spiro atoms. The molecule has 0 unspecified atom stereocenters. The number of aromatic nitrogens is 1. The minimum absolute atomic E-state index is 0.0536. The van der Waals surface area contributed by atoms with Crippen LogP contribution < -0.4 is 4.90 Å². The van der Waals surface area contributed by atoms with Crippen molar-refractivity contribution in [2.45, 2.75) is 19.0 Å². The topological polar surface area (TPSA) is 66.6 Å². The molecule has 1 saturated heterocycles. The van der Waals surface area contributed by atoms with Crippen LogP contribution in [0.15, 0.2) is 65.1 Å². The zero-order chi connectivity index (χ0) is 24.7. The first-order chi connectivity index (χ1) is 16.7. The summed E-state index contributed by atoms with van der Waals surface area (Å²) in [6.07, 6.45) is -3.56. The number of alkyl halides is 3. The fourth-order valence-electron chi connectivity index (χ4n) is 4.41. The second kappa shape index (κ2) is 8.72. The van der Waals surface area contributed by atoms with Gasteiger partial charge < -0.3 is 14.4 Å². The second-order valence-corrected chi connectivity index (χ2v) is 8.54. The van der Waals surface area contributed by atoms with E-state index in [4.69, 9.17) is 4.42 Å². The lowest BCUT2D eigenvalue weighted by Crippen LogP contribution is -2.36. The molecule has 2 heterocycles. The molecule has 0 amide bonds.